The van der Waals surface area contributed by atoms with Crippen molar-refractivity contribution in [3.05, 3.63) is 60.2 Å². The standard InChI is InChI=1S/C18H23N3O2S2/c1-4-17(14-9-6-5-7-10-14)20-18(24)19-15-11-8-12-16(13-15)21(2)25(3,22)23/h5-13,17H,4H2,1-3H3,(H2,19,20,24)/t17-/m1/s1. The van der Waals surface area contributed by atoms with Gasteiger partial charge in [-0.15, -0.1) is 0 Å². The van der Waals surface area contributed by atoms with Crippen molar-refractivity contribution in [1.29, 1.82) is 0 Å². The molecule has 2 N–H and O–H groups in total. The molecule has 0 aromatic heterocycles. The molecule has 0 unspecified atom stereocenters. The fourth-order valence-corrected chi connectivity index (χ4v) is 3.16. The van der Waals surface area contributed by atoms with Gasteiger partial charge >= 0.3 is 0 Å². The van der Waals surface area contributed by atoms with Crippen LogP contribution in [0.3, 0.4) is 0 Å². The van der Waals surface area contributed by atoms with Gasteiger partial charge in [0.15, 0.2) is 5.11 Å². The van der Waals surface area contributed by atoms with Gasteiger partial charge in [-0.2, -0.15) is 0 Å². The van der Waals surface area contributed by atoms with E-state index in [0.29, 0.717) is 10.8 Å². The number of sulfonamides is 1. The third kappa shape index (κ3) is 5.44. The molecular formula is C18H23N3O2S2. The molecule has 0 spiro atoms. The van der Waals surface area contributed by atoms with Crippen molar-refractivity contribution in [3.8, 4) is 0 Å². The lowest BCUT2D eigenvalue weighted by Gasteiger charge is -2.21. The summed E-state index contributed by atoms with van der Waals surface area (Å²) in [6, 6.07) is 17.3. The highest BCUT2D eigenvalue weighted by molar-refractivity contribution is 7.92. The van der Waals surface area contributed by atoms with Crippen molar-refractivity contribution in [1.82, 2.24) is 5.32 Å². The molecule has 0 saturated carbocycles. The van der Waals surface area contributed by atoms with Crippen LogP contribution in [0.1, 0.15) is 24.9 Å². The number of nitrogens with zero attached hydrogens (tertiary/aromatic N) is 1. The predicted molar refractivity (Wildman–Crippen MR) is 109 cm³/mol. The molecular weight excluding hydrogens is 354 g/mol. The Morgan fingerprint density at radius 3 is 2.44 bits per heavy atom. The number of rotatable bonds is 6. The zero-order valence-corrected chi connectivity index (χ0v) is 16.2. The minimum atomic E-state index is -3.30. The van der Waals surface area contributed by atoms with Crippen molar-refractivity contribution in [3.63, 3.8) is 0 Å². The largest absolute Gasteiger partial charge is 0.356 e. The smallest absolute Gasteiger partial charge is 0.231 e. The van der Waals surface area contributed by atoms with E-state index in [1.54, 1.807) is 18.2 Å². The topological polar surface area (TPSA) is 61.4 Å². The fraction of sp³-hybridized carbons (Fsp3) is 0.278. The molecule has 5 nitrogen and oxygen atoms in total. The van der Waals surface area contributed by atoms with Crippen LogP contribution in [0.4, 0.5) is 11.4 Å². The summed E-state index contributed by atoms with van der Waals surface area (Å²) in [4.78, 5) is 0. The molecule has 0 fully saturated rings. The van der Waals surface area contributed by atoms with E-state index in [1.165, 1.54) is 23.2 Å². The Balaban J connectivity index is 2.08. The molecule has 0 amide bonds. The average molecular weight is 378 g/mol. The number of anilines is 2. The van der Waals surface area contributed by atoms with Crippen molar-refractivity contribution in [2.24, 2.45) is 0 Å². The number of hydrogen-bond donors (Lipinski definition) is 2. The zero-order valence-electron chi connectivity index (χ0n) is 14.6. The maximum absolute atomic E-state index is 11.7. The van der Waals surface area contributed by atoms with Crippen molar-refractivity contribution < 1.29 is 8.42 Å². The van der Waals surface area contributed by atoms with Gasteiger partial charge in [-0.1, -0.05) is 43.3 Å². The normalized spacial score (nSPS) is 12.3. The molecule has 0 heterocycles. The fourth-order valence-electron chi connectivity index (χ4n) is 2.40. The van der Waals surface area contributed by atoms with Crippen LogP contribution in [-0.4, -0.2) is 26.8 Å². The van der Waals surface area contributed by atoms with Gasteiger partial charge in [0.25, 0.3) is 0 Å². The summed E-state index contributed by atoms with van der Waals surface area (Å²) in [5.41, 5.74) is 2.47. The second-order valence-corrected chi connectivity index (χ2v) is 8.17. The van der Waals surface area contributed by atoms with Gasteiger partial charge in [0, 0.05) is 12.7 Å². The SMILES string of the molecule is CC[C@@H](NC(=S)Nc1cccc(N(C)S(C)(=O)=O)c1)c1ccccc1. The van der Waals surface area contributed by atoms with E-state index in [2.05, 4.69) is 29.7 Å². The maximum Gasteiger partial charge on any atom is 0.231 e. The van der Waals surface area contributed by atoms with Crippen LogP contribution in [0.15, 0.2) is 54.6 Å². The first-order valence-corrected chi connectivity index (χ1v) is 10.2. The van der Waals surface area contributed by atoms with Crippen LogP contribution in [-0.2, 0) is 10.0 Å². The summed E-state index contributed by atoms with van der Waals surface area (Å²) >= 11 is 5.41. The molecule has 0 aliphatic rings. The van der Waals surface area contributed by atoms with Crippen LogP contribution in [0, 0.1) is 0 Å². The minimum absolute atomic E-state index is 0.114. The summed E-state index contributed by atoms with van der Waals surface area (Å²) in [5, 5.41) is 6.92. The Hall–Kier alpha value is -2.12. The Kier molecular flexibility index (Phi) is 6.39. The molecule has 0 saturated heterocycles. The van der Waals surface area contributed by atoms with E-state index in [-0.39, 0.29) is 6.04 Å². The first-order valence-electron chi connectivity index (χ1n) is 7.97. The average Bonchev–Trinajstić information content (AvgIpc) is 2.59. The molecule has 2 aromatic carbocycles. The van der Waals surface area contributed by atoms with E-state index >= 15 is 0 Å². The summed E-state index contributed by atoms with van der Waals surface area (Å²) in [7, 11) is -1.78. The first-order chi connectivity index (χ1) is 11.8. The van der Waals surface area contributed by atoms with Crippen LogP contribution < -0.4 is 14.9 Å². The van der Waals surface area contributed by atoms with Gasteiger partial charge in [0.1, 0.15) is 0 Å². The molecule has 0 aliphatic carbocycles. The van der Waals surface area contributed by atoms with Gasteiger partial charge < -0.3 is 10.6 Å². The van der Waals surface area contributed by atoms with E-state index < -0.39 is 10.0 Å². The third-order valence-corrected chi connectivity index (χ3v) is 5.31. The molecule has 7 heteroatoms. The Labute approximate surface area is 155 Å². The molecule has 0 bridgehead atoms. The second-order valence-electron chi connectivity index (χ2n) is 5.75. The third-order valence-electron chi connectivity index (χ3n) is 3.88. The van der Waals surface area contributed by atoms with Gasteiger partial charge in [0.05, 0.1) is 18.0 Å². The lowest BCUT2D eigenvalue weighted by Crippen LogP contribution is -2.32. The number of thiocarbonyl (C=S) groups is 1. The summed E-state index contributed by atoms with van der Waals surface area (Å²) < 4.78 is 24.6. The highest BCUT2D eigenvalue weighted by Crippen LogP contribution is 2.21. The summed E-state index contributed by atoms with van der Waals surface area (Å²) in [5.74, 6) is 0. The summed E-state index contributed by atoms with van der Waals surface area (Å²) in [6.45, 7) is 2.09. The number of nitrogens with one attached hydrogen (secondary N) is 2. The highest BCUT2D eigenvalue weighted by atomic mass is 32.2. The molecule has 0 radical (unpaired) electrons. The Morgan fingerprint density at radius 1 is 1.16 bits per heavy atom. The molecule has 0 aliphatic heterocycles. The van der Waals surface area contributed by atoms with E-state index in [0.717, 1.165) is 12.1 Å². The van der Waals surface area contributed by atoms with Crippen LogP contribution in [0.25, 0.3) is 0 Å². The van der Waals surface area contributed by atoms with Gasteiger partial charge in [-0.25, -0.2) is 8.42 Å². The highest BCUT2D eigenvalue weighted by Gasteiger charge is 2.13. The molecule has 2 aromatic rings. The minimum Gasteiger partial charge on any atom is -0.356 e. The number of hydrogen-bond acceptors (Lipinski definition) is 3. The van der Waals surface area contributed by atoms with Gasteiger partial charge in [0.2, 0.25) is 10.0 Å². The van der Waals surface area contributed by atoms with Crippen molar-refractivity contribution in [2.45, 2.75) is 19.4 Å². The lowest BCUT2D eigenvalue weighted by atomic mass is 10.1. The monoisotopic (exact) mass is 377 g/mol. The first kappa shape index (κ1) is 19.2. The van der Waals surface area contributed by atoms with E-state index in [4.69, 9.17) is 12.2 Å². The Morgan fingerprint density at radius 2 is 1.84 bits per heavy atom. The van der Waals surface area contributed by atoms with Crippen LogP contribution in [0.2, 0.25) is 0 Å². The summed E-state index contributed by atoms with van der Waals surface area (Å²) in [6.07, 6.45) is 2.06. The predicted octanol–water partition coefficient (Wildman–Crippen LogP) is 3.52. The Bertz CT molecular complexity index is 823. The molecule has 25 heavy (non-hydrogen) atoms. The van der Waals surface area contributed by atoms with Crippen molar-refractivity contribution >= 4 is 38.7 Å². The molecule has 2 rings (SSSR count). The lowest BCUT2D eigenvalue weighted by molar-refractivity contribution is 0.600. The van der Waals surface area contributed by atoms with Crippen molar-refractivity contribution in [2.75, 3.05) is 22.9 Å². The molecule has 134 valence electrons. The van der Waals surface area contributed by atoms with Crippen LogP contribution in [0.5, 0.6) is 0 Å². The quantitative estimate of drug-likeness (QED) is 0.754. The van der Waals surface area contributed by atoms with E-state index in [9.17, 15) is 8.42 Å². The van der Waals surface area contributed by atoms with E-state index in [1.807, 2.05) is 24.3 Å². The second kappa shape index (κ2) is 8.31. The van der Waals surface area contributed by atoms with Crippen LogP contribution >= 0.6 is 12.2 Å². The van der Waals surface area contributed by atoms with Gasteiger partial charge in [-0.3, -0.25) is 4.31 Å². The zero-order chi connectivity index (χ0) is 18.4. The maximum atomic E-state index is 11.7. The number of benzene rings is 2. The van der Waals surface area contributed by atoms with Gasteiger partial charge in [-0.05, 0) is 42.4 Å². The molecule has 1 atom stereocenters.